The molecule has 212 valence electrons. The molecule has 0 bridgehead atoms. The van der Waals surface area contributed by atoms with Crippen molar-refractivity contribution in [1.29, 1.82) is 0 Å². The fraction of sp³-hybridized carbons (Fsp3) is 0.552. The molecular formula is C29H37NO9. The first-order chi connectivity index (χ1) is 18.3. The Bertz CT molecular complexity index is 1170. The molecule has 1 aromatic rings. The van der Waals surface area contributed by atoms with Crippen molar-refractivity contribution in [1.82, 2.24) is 5.32 Å². The van der Waals surface area contributed by atoms with E-state index in [-0.39, 0.29) is 6.42 Å². The van der Waals surface area contributed by atoms with Crippen molar-refractivity contribution in [3.63, 3.8) is 0 Å². The summed E-state index contributed by atoms with van der Waals surface area (Å²) in [5.74, 6) is -3.69. The van der Waals surface area contributed by atoms with E-state index < -0.39 is 70.5 Å². The number of hydrogen-bond acceptors (Lipinski definition) is 9. The highest BCUT2D eigenvalue weighted by molar-refractivity contribution is 5.92. The number of cyclic esters (lactones) is 1. The fourth-order valence-corrected chi connectivity index (χ4v) is 6.27. The van der Waals surface area contributed by atoms with E-state index in [1.54, 1.807) is 39.2 Å². The van der Waals surface area contributed by atoms with Crippen LogP contribution in [0.3, 0.4) is 0 Å². The molecule has 10 nitrogen and oxygen atoms in total. The highest BCUT2D eigenvalue weighted by Crippen LogP contribution is 2.54. The predicted molar refractivity (Wildman–Crippen MR) is 139 cm³/mol. The summed E-state index contributed by atoms with van der Waals surface area (Å²) < 4.78 is 16.1. The normalized spacial score (nSPS) is 42.3. The topological polar surface area (TPSA) is 152 Å². The Balaban J connectivity index is 1.81. The minimum absolute atomic E-state index is 0.177. The molecule has 2 fully saturated rings. The first-order valence-electron chi connectivity index (χ1n) is 13.1. The summed E-state index contributed by atoms with van der Waals surface area (Å²) in [4.78, 5) is 39.5. The summed E-state index contributed by atoms with van der Waals surface area (Å²) >= 11 is 0. The Morgan fingerprint density at radius 3 is 2.41 bits per heavy atom. The van der Waals surface area contributed by atoms with Crippen molar-refractivity contribution >= 4 is 17.8 Å². The van der Waals surface area contributed by atoms with Crippen LogP contribution in [0.5, 0.6) is 5.75 Å². The molecular weight excluding hydrogens is 506 g/mol. The second kappa shape index (κ2) is 10.4. The number of aliphatic hydroxyl groups is 3. The van der Waals surface area contributed by atoms with E-state index in [0.717, 1.165) is 17.9 Å². The number of methoxy groups -OCH3 is 1. The monoisotopic (exact) mass is 543 g/mol. The van der Waals surface area contributed by atoms with Crippen molar-refractivity contribution in [3.05, 3.63) is 54.3 Å². The SMILES string of the molecule is COc1ccc(C[C@H]2NC(=O)[C@]34OC(=O)O/C=C/[C@](C)(O)C(=O)[C@H](C)C/C=C/[C@@H]3[C@@H](O)[C@@](C)(O)[C@H](C)[C@H]24)cc1. The van der Waals surface area contributed by atoms with Crippen LogP contribution in [-0.4, -0.2) is 69.2 Å². The fourth-order valence-electron chi connectivity index (χ4n) is 6.27. The minimum atomic E-state index is -1.91. The Morgan fingerprint density at radius 1 is 1.10 bits per heavy atom. The van der Waals surface area contributed by atoms with Crippen LogP contribution in [0.25, 0.3) is 0 Å². The van der Waals surface area contributed by atoms with Gasteiger partial charge < -0.3 is 34.8 Å². The Hall–Kier alpha value is -3.21. The van der Waals surface area contributed by atoms with E-state index in [2.05, 4.69) is 5.32 Å². The summed E-state index contributed by atoms with van der Waals surface area (Å²) in [6.45, 7) is 6.13. The van der Waals surface area contributed by atoms with Crippen LogP contribution in [0.4, 0.5) is 4.79 Å². The zero-order chi connectivity index (χ0) is 28.8. The van der Waals surface area contributed by atoms with Gasteiger partial charge in [-0.2, -0.15) is 0 Å². The molecule has 4 rings (SSSR count). The average molecular weight is 544 g/mol. The van der Waals surface area contributed by atoms with E-state index in [1.807, 2.05) is 12.1 Å². The Kier molecular flexibility index (Phi) is 7.68. The number of Topliss-reactive ketones (excluding diaryl/α,β-unsaturated/α-hetero) is 1. The van der Waals surface area contributed by atoms with Crippen LogP contribution in [0.1, 0.15) is 39.7 Å². The van der Waals surface area contributed by atoms with Gasteiger partial charge in [0.2, 0.25) is 5.60 Å². The number of hydrogen-bond donors (Lipinski definition) is 4. The van der Waals surface area contributed by atoms with Gasteiger partial charge in [-0.05, 0) is 56.4 Å². The number of carbonyl (C=O) groups excluding carboxylic acids is 3. The number of ether oxygens (including phenoxy) is 3. The number of amides is 1. The van der Waals surface area contributed by atoms with Crippen LogP contribution < -0.4 is 10.1 Å². The third-order valence-corrected chi connectivity index (χ3v) is 8.70. The smallest absolute Gasteiger partial charge is 0.497 e. The van der Waals surface area contributed by atoms with Crippen molar-refractivity contribution < 1.29 is 43.9 Å². The van der Waals surface area contributed by atoms with Gasteiger partial charge in [0.15, 0.2) is 5.78 Å². The minimum Gasteiger partial charge on any atom is -0.497 e. The molecule has 39 heavy (non-hydrogen) atoms. The van der Waals surface area contributed by atoms with E-state index in [0.29, 0.717) is 12.2 Å². The summed E-state index contributed by atoms with van der Waals surface area (Å²) in [5.41, 5.74) is -4.59. The molecule has 1 saturated heterocycles. The first kappa shape index (κ1) is 28.8. The first-order valence-corrected chi connectivity index (χ1v) is 13.1. The lowest BCUT2D eigenvalue weighted by Gasteiger charge is -2.54. The van der Waals surface area contributed by atoms with Crippen LogP contribution in [0, 0.1) is 23.7 Å². The Morgan fingerprint density at radius 2 is 1.77 bits per heavy atom. The summed E-state index contributed by atoms with van der Waals surface area (Å²) in [6, 6.07) is 6.77. The second-order valence-electron chi connectivity index (χ2n) is 11.3. The van der Waals surface area contributed by atoms with Gasteiger partial charge in [0.1, 0.15) is 11.4 Å². The molecule has 9 atom stereocenters. The number of allylic oxidation sites excluding steroid dienone is 1. The molecule has 2 aliphatic heterocycles. The summed E-state index contributed by atoms with van der Waals surface area (Å²) in [6.07, 6.45) is 2.84. The third-order valence-electron chi connectivity index (χ3n) is 8.70. The van der Waals surface area contributed by atoms with Gasteiger partial charge in [0.25, 0.3) is 5.91 Å². The maximum Gasteiger partial charge on any atom is 0.514 e. The van der Waals surface area contributed by atoms with E-state index in [1.165, 1.54) is 19.9 Å². The van der Waals surface area contributed by atoms with Crippen LogP contribution >= 0.6 is 0 Å². The predicted octanol–water partition coefficient (Wildman–Crippen LogP) is 2.05. The van der Waals surface area contributed by atoms with Gasteiger partial charge in [-0.25, -0.2) is 4.79 Å². The van der Waals surface area contributed by atoms with Crippen LogP contribution in [0.15, 0.2) is 48.8 Å². The molecule has 1 amide bonds. The van der Waals surface area contributed by atoms with Gasteiger partial charge >= 0.3 is 6.16 Å². The standard InChI is InChI=1S/C29H37NO9/c1-16-7-6-8-20-24(32)28(4,36)17(2)22-21(15-18-9-11-19(37-5)12-10-18)30-25(33)29(20,22)39-26(34)38-14-13-27(3,35)23(16)31/h6,8-14,16-17,20-22,24,32,35-36H,7,15H2,1-5H3,(H,30,33)/b8-6+,14-13+/t16-,17-,20-,21-,22-,24-,27+,28+,29+/m1/s1. The van der Waals surface area contributed by atoms with Crippen LogP contribution in [-0.2, 0) is 25.5 Å². The Labute approximate surface area is 227 Å². The molecule has 0 aromatic heterocycles. The highest BCUT2D eigenvalue weighted by atomic mass is 16.7. The number of carbonyl (C=O) groups is 3. The lowest BCUT2D eigenvalue weighted by Crippen LogP contribution is -2.69. The molecule has 2 heterocycles. The average Bonchev–Trinajstić information content (AvgIpc) is 3.15. The second-order valence-corrected chi connectivity index (χ2v) is 11.3. The largest absolute Gasteiger partial charge is 0.514 e. The third kappa shape index (κ3) is 4.97. The number of ketones is 1. The lowest BCUT2D eigenvalue weighted by atomic mass is 9.55. The quantitative estimate of drug-likeness (QED) is 0.332. The van der Waals surface area contributed by atoms with E-state index in [9.17, 15) is 29.7 Å². The molecule has 0 unspecified atom stereocenters. The molecule has 10 heteroatoms. The van der Waals surface area contributed by atoms with E-state index >= 15 is 0 Å². The number of aliphatic hydroxyl groups excluding tert-OH is 1. The van der Waals surface area contributed by atoms with Crippen molar-refractivity contribution in [2.45, 2.75) is 69.5 Å². The number of rotatable bonds is 3. The zero-order valence-electron chi connectivity index (χ0n) is 22.8. The molecule has 4 N–H and O–H groups in total. The van der Waals surface area contributed by atoms with Gasteiger partial charge in [-0.3, -0.25) is 9.59 Å². The maximum absolute atomic E-state index is 13.8. The number of nitrogens with one attached hydrogen (secondary N) is 1. The van der Waals surface area contributed by atoms with Gasteiger partial charge in [0.05, 0.1) is 31.0 Å². The molecule has 1 spiro atoms. The molecule has 0 radical (unpaired) electrons. The molecule has 3 aliphatic rings. The van der Waals surface area contributed by atoms with Gasteiger partial charge in [-0.15, -0.1) is 0 Å². The summed E-state index contributed by atoms with van der Waals surface area (Å²) in [7, 11) is 1.57. The van der Waals surface area contributed by atoms with E-state index in [4.69, 9.17) is 14.2 Å². The van der Waals surface area contributed by atoms with Crippen molar-refractivity contribution in [3.8, 4) is 5.75 Å². The number of benzene rings is 1. The molecule has 1 aromatic carbocycles. The van der Waals surface area contributed by atoms with Crippen molar-refractivity contribution in [2.75, 3.05) is 7.11 Å². The lowest BCUT2D eigenvalue weighted by molar-refractivity contribution is -0.222. The van der Waals surface area contributed by atoms with Crippen molar-refractivity contribution in [2.24, 2.45) is 23.7 Å². The molecule has 1 aliphatic carbocycles. The van der Waals surface area contributed by atoms with Gasteiger partial charge in [-0.1, -0.05) is 38.1 Å². The summed E-state index contributed by atoms with van der Waals surface area (Å²) in [5, 5.41) is 36.4. The van der Waals surface area contributed by atoms with Gasteiger partial charge in [0, 0.05) is 17.9 Å². The highest BCUT2D eigenvalue weighted by Gasteiger charge is 2.72. The maximum atomic E-state index is 13.8. The van der Waals surface area contributed by atoms with Crippen LogP contribution in [0.2, 0.25) is 0 Å². The molecule has 1 saturated carbocycles. The zero-order valence-corrected chi connectivity index (χ0v) is 22.8.